The number of aliphatic hydroxyl groups is 1. The van der Waals surface area contributed by atoms with Crippen LogP contribution in [0.15, 0.2) is 24.3 Å². The molecule has 0 bridgehead atoms. The SMILES string of the molecule is CCCN(CCO)C(c1cccc(Cl)c1)C(C)N. The average Bonchev–Trinajstić information content (AvgIpc) is 2.29. The zero-order chi connectivity index (χ0) is 13.5. The first-order chi connectivity index (χ1) is 8.60. The Balaban J connectivity index is 2.99. The van der Waals surface area contributed by atoms with Gasteiger partial charge >= 0.3 is 0 Å². The largest absolute Gasteiger partial charge is 0.395 e. The topological polar surface area (TPSA) is 49.5 Å². The van der Waals surface area contributed by atoms with Crippen LogP contribution in [0.2, 0.25) is 5.02 Å². The van der Waals surface area contributed by atoms with Gasteiger partial charge < -0.3 is 10.8 Å². The summed E-state index contributed by atoms with van der Waals surface area (Å²) in [5.41, 5.74) is 7.22. The number of nitrogens with zero attached hydrogens (tertiary/aromatic N) is 1. The number of halogens is 1. The molecule has 0 fully saturated rings. The fourth-order valence-corrected chi connectivity index (χ4v) is 2.54. The average molecular weight is 271 g/mol. The van der Waals surface area contributed by atoms with E-state index in [0.717, 1.165) is 23.6 Å². The zero-order valence-electron chi connectivity index (χ0n) is 11.1. The lowest BCUT2D eigenvalue weighted by Gasteiger charge is -2.34. The van der Waals surface area contributed by atoms with Crippen LogP contribution in [0.5, 0.6) is 0 Å². The van der Waals surface area contributed by atoms with E-state index < -0.39 is 0 Å². The Kier molecular flexibility index (Phi) is 6.65. The molecular weight excluding hydrogens is 248 g/mol. The van der Waals surface area contributed by atoms with Crippen LogP contribution in [-0.2, 0) is 0 Å². The summed E-state index contributed by atoms with van der Waals surface area (Å²) in [5.74, 6) is 0. The number of rotatable bonds is 7. The minimum Gasteiger partial charge on any atom is -0.395 e. The molecule has 0 aliphatic rings. The van der Waals surface area contributed by atoms with Crippen LogP contribution < -0.4 is 5.73 Å². The predicted octanol–water partition coefficient (Wildman–Crippen LogP) is 2.43. The Labute approximate surface area is 115 Å². The van der Waals surface area contributed by atoms with Crippen molar-refractivity contribution in [3.05, 3.63) is 34.9 Å². The molecule has 0 saturated carbocycles. The summed E-state index contributed by atoms with van der Waals surface area (Å²) in [7, 11) is 0. The highest BCUT2D eigenvalue weighted by molar-refractivity contribution is 6.30. The fourth-order valence-electron chi connectivity index (χ4n) is 2.34. The van der Waals surface area contributed by atoms with Gasteiger partial charge in [0.15, 0.2) is 0 Å². The summed E-state index contributed by atoms with van der Waals surface area (Å²) in [4.78, 5) is 2.22. The number of hydrogen-bond acceptors (Lipinski definition) is 3. The van der Waals surface area contributed by atoms with Crippen LogP contribution >= 0.6 is 11.6 Å². The van der Waals surface area contributed by atoms with Crippen LogP contribution in [0.4, 0.5) is 0 Å². The molecule has 0 radical (unpaired) electrons. The standard InChI is InChI=1S/C14H23ClN2O/c1-3-7-17(8-9-18)14(11(2)16)12-5-4-6-13(15)10-12/h4-6,10-11,14,18H,3,7-9,16H2,1-2H3. The second kappa shape index (κ2) is 7.74. The highest BCUT2D eigenvalue weighted by atomic mass is 35.5. The summed E-state index contributed by atoms with van der Waals surface area (Å²) in [5, 5.41) is 9.91. The molecule has 3 N–H and O–H groups in total. The molecule has 0 heterocycles. The highest BCUT2D eigenvalue weighted by Crippen LogP contribution is 2.25. The molecule has 0 saturated heterocycles. The Hall–Kier alpha value is -0.610. The molecule has 0 aliphatic carbocycles. The van der Waals surface area contributed by atoms with E-state index in [-0.39, 0.29) is 18.7 Å². The molecule has 3 nitrogen and oxygen atoms in total. The molecular formula is C14H23ClN2O. The molecule has 18 heavy (non-hydrogen) atoms. The number of hydrogen-bond donors (Lipinski definition) is 2. The van der Waals surface area contributed by atoms with Crippen molar-refractivity contribution in [2.75, 3.05) is 19.7 Å². The van der Waals surface area contributed by atoms with E-state index in [2.05, 4.69) is 11.8 Å². The molecule has 0 aromatic heterocycles. The second-order valence-electron chi connectivity index (χ2n) is 4.62. The van der Waals surface area contributed by atoms with Crippen molar-refractivity contribution in [2.24, 2.45) is 5.73 Å². The molecule has 0 amide bonds. The third kappa shape index (κ3) is 4.25. The Bertz CT molecular complexity index is 351. The molecule has 1 aromatic rings. The van der Waals surface area contributed by atoms with Crippen LogP contribution in [-0.4, -0.2) is 35.7 Å². The zero-order valence-corrected chi connectivity index (χ0v) is 11.9. The van der Waals surface area contributed by atoms with E-state index in [0.29, 0.717) is 6.54 Å². The molecule has 2 atom stereocenters. The van der Waals surface area contributed by atoms with Crippen LogP contribution in [0.1, 0.15) is 31.9 Å². The van der Waals surface area contributed by atoms with Gasteiger partial charge in [-0.15, -0.1) is 0 Å². The number of benzene rings is 1. The first kappa shape index (κ1) is 15.4. The van der Waals surface area contributed by atoms with Gasteiger partial charge in [-0.2, -0.15) is 0 Å². The summed E-state index contributed by atoms with van der Waals surface area (Å²) < 4.78 is 0. The van der Waals surface area contributed by atoms with Crippen molar-refractivity contribution in [1.82, 2.24) is 4.90 Å². The minimum atomic E-state index is -0.0124. The molecule has 2 unspecified atom stereocenters. The maximum Gasteiger partial charge on any atom is 0.0558 e. The molecule has 4 heteroatoms. The number of aliphatic hydroxyl groups excluding tert-OH is 1. The van der Waals surface area contributed by atoms with Gasteiger partial charge in [0.2, 0.25) is 0 Å². The summed E-state index contributed by atoms with van der Waals surface area (Å²) in [6.45, 7) is 5.81. The summed E-state index contributed by atoms with van der Waals surface area (Å²) >= 11 is 6.04. The second-order valence-corrected chi connectivity index (χ2v) is 5.05. The molecule has 0 aliphatic heterocycles. The molecule has 1 aromatic carbocycles. The van der Waals surface area contributed by atoms with E-state index >= 15 is 0 Å². The lowest BCUT2D eigenvalue weighted by atomic mass is 9.99. The van der Waals surface area contributed by atoms with Crippen LogP contribution in [0.25, 0.3) is 0 Å². The monoisotopic (exact) mass is 270 g/mol. The quantitative estimate of drug-likeness (QED) is 0.800. The fraction of sp³-hybridized carbons (Fsp3) is 0.571. The maximum absolute atomic E-state index is 9.19. The van der Waals surface area contributed by atoms with Crippen molar-refractivity contribution >= 4 is 11.6 Å². The third-order valence-electron chi connectivity index (χ3n) is 2.98. The Morgan fingerprint density at radius 1 is 1.39 bits per heavy atom. The first-order valence-electron chi connectivity index (χ1n) is 6.46. The van der Waals surface area contributed by atoms with Gasteiger partial charge in [-0.05, 0) is 37.6 Å². The lowest BCUT2D eigenvalue weighted by Crippen LogP contribution is -2.41. The summed E-state index contributed by atoms with van der Waals surface area (Å²) in [6, 6.07) is 7.88. The van der Waals surface area contributed by atoms with E-state index in [1.54, 1.807) is 0 Å². The predicted molar refractivity (Wildman–Crippen MR) is 76.8 cm³/mol. The van der Waals surface area contributed by atoms with Gasteiger partial charge in [0, 0.05) is 23.7 Å². The molecule has 102 valence electrons. The normalized spacial score (nSPS) is 14.8. The van der Waals surface area contributed by atoms with E-state index in [9.17, 15) is 5.11 Å². The Morgan fingerprint density at radius 3 is 2.61 bits per heavy atom. The van der Waals surface area contributed by atoms with Crippen molar-refractivity contribution in [1.29, 1.82) is 0 Å². The van der Waals surface area contributed by atoms with Gasteiger partial charge in [-0.1, -0.05) is 30.7 Å². The van der Waals surface area contributed by atoms with Gasteiger partial charge in [0.1, 0.15) is 0 Å². The van der Waals surface area contributed by atoms with Crippen molar-refractivity contribution in [3.63, 3.8) is 0 Å². The molecule has 1 rings (SSSR count). The van der Waals surface area contributed by atoms with E-state index in [1.807, 2.05) is 31.2 Å². The van der Waals surface area contributed by atoms with Gasteiger partial charge in [0.05, 0.1) is 6.61 Å². The van der Waals surface area contributed by atoms with E-state index in [1.165, 1.54) is 0 Å². The third-order valence-corrected chi connectivity index (χ3v) is 3.21. The molecule has 0 spiro atoms. The van der Waals surface area contributed by atoms with Crippen molar-refractivity contribution < 1.29 is 5.11 Å². The van der Waals surface area contributed by atoms with Gasteiger partial charge in [-0.3, -0.25) is 4.90 Å². The summed E-state index contributed by atoms with van der Waals surface area (Å²) in [6.07, 6.45) is 1.03. The Morgan fingerprint density at radius 2 is 2.11 bits per heavy atom. The smallest absolute Gasteiger partial charge is 0.0558 e. The van der Waals surface area contributed by atoms with Crippen LogP contribution in [0.3, 0.4) is 0 Å². The highest BCUT2D eigenvalue weighted by Gasteiger charge is 2.23. The van der Waals surface area contributed by atoms with Crippen LogP contribution in [0, 0.1) is 0 Å². The van der Waals surface area contributed by atoms with Crippen molar-refractivity contribution in [2.45, 2.75) is 32.4 Å². The van der Waals surface area contributed by atoms with Gasteiger partial charge in [0.25, 0.3) is 0 Å². The first-order valence-corrected chi connectivity index (χ1v) is 6.83. The maximum atomic E-state index is 9.19. The minimum absolute atomic E-state index is 0.0124. The van der Waals surface area contributed by atoms with Gasteiger partial charge in [-0.25, -0.2) is 0 Å². The van der Waals surface area contributed by atoms with E-state index in [4.69, 9.17) is 17.3 Å². The number of nitrogens with two attached hydrogens (primary N) is 1. The lowest BCUT2D eigenvalue weighted by molar-refractivity contribution is 0.137. The van der Waals surface area contributed by atoms with Crippen molar-refractivity contribution in [3.8, 4) is 0 Å².